The Hall–Kier alpha value is -3.36. The number of aromatic nitrogens is 3. The van der Waals surface area contributed by atoms with Crippen molar-refractivity contribution in [3.63, 3.8) is 0 Å². The van der Waals surface area contributed by atoms with Crippen LogP contribution in [0.4, 0.5) is 0 Å². The zero-order valence-electron chi connectivity index (χ0n) is 13.8. The summed E-state index contributed by atoms with van der Waals surface area (Å²) in [6.45, 7) is 0. The molecule has 0 bridgehead atoms. The fourth-order valence-electron chi connectivity index (χ4n) is 2.94. The van der Waals surface area contributed by atoms with Crippen LogP contribution in [0.15, 0.2) is 61.1 Å². The molecule has 0 atom stereocenters. The second kappa shape index (κ2) is 6.51. The van der Waals surface area contributed by atoms with E-state index in [0.717, 1.165) is 28.2 Å². The molecule has 0 N–H and O–H groups in total. The summed E-state index contributed by atoms with van der Waals surface area (Å²) in [6, 6.07) is 17.3. The van der Waals surface area contributed by atoms with E-state index in [1.165, 1.54) is 6.33 Å². The van der Waals surface area contributed by atoms with Gasteiger partial charge in [-0.1, -0.05) is 23.7 Å². The van der Waals surface area contributed by atoms with E-state index in [4.69, 9.17) is 16.3 Å². The maximum absolute atomic E-state index is 9.52. The number of nitriles is 1. The van der Waals surface area contributed by atoms with Crippen molar-refractivity contribution in [1.82, 2.24) is 14.5 Å². The molecule has 2 aromatic heterocycles. The van der Waals surface area contributed by atoms with E-state index in [2.05, 4.69) is 16.0 Å². The van der Waals surface area contributed by atoms with Crippen molar-refractivity contribution < 1.29 is 4.74 Å². The van der Waals surface area contributed by atoms with Crippen molar-refractivity contribution in [3.05, 3.63) is 71.6 Å². The second-order valence-corrected chi connectivity index (χ2v) is 6.03. The molecular weight excluding hydrogens is 348 g/mol. The summed E-state index contributed by atoms with van der Waals surface area (Å²) in [5.41, 5.74) is 4.19. The molecule has 0 aliphatic heterocycles. The topological polar surface area (TPSA) is 63.7 Å². The molecule has 26 heavy (non-hydrogen) atoms. The Bertz CT molecular complexity index is 1140. The Labute approximate surface area is 155 Å². The highest BCUT2D eigenvalue weighted by molar-refractivity contribution is 6.32. The molecule has 0 saturated heterocycles. The zero-order valence-corrected chi connectivity index (χ0v) is 14.6. The molecule has 0 amide bonds. The normalized spacial score (nSPS) is 10.7. The molecule has 6 heteroatoms. The first-order valence-corrected chi connectivity index (χ1v) is 8.26. The van der Waals surface area contributed by atoms with Gasteiger partial charge in [-0.15, -0.1) is 0 Å². The molecule has 0 aliphatic carbocycles. The van der Waals surface area contributed by atoms with Crippen LogP contribution >= 0.6 is 11.6 Å². The van der Waals surface area contributed by atoms with Crippen molar-refractivity contribution in [2.45, 2.75) is 0 Å². The summed E-state index contributed by atoms with van der Waals surface area (Å²) in [7, 11) is 1.62. The van der Waals surface area contributed by atoms with Gasteiger partial charge in [-0.05, 0) is 36.4 Å². The smallest absolute Gasteiger partial charge is 0.118 e. The monoisotopic (exact) mass is 360 g/mol. The van der Waals surface area contributed by atoms with Gasteiger partial charge in [-0.3, -0.25) is 0 Å². The van der Waals surface area contributed by atoms with Crippen LogP contribution in [0.1, 0.15) is 5.56 Å². The lowest BCUT2D eigenvalue weighted by atomic mass is 10.1. The number of hydrogen-bond acceptors (Lipinski definition) is 4. The fraction of sp³-hybridized carbons (Fsp3) is 0.0500. The lowest BCUT2D eigenvalue weighted by Gasteiger charge is -2.10. The number of rotatable bonds is 3. The van der Waals surface area contributed by atoms with Gasteiger partial charge in [0.1, 0.15) is 23.7 Å². The van der Waals surface area contributed by atoms with Crippen LogP contribution in [0, 0.1) is 11.3 Å². The number of halogens is 1. The number of para-hydroxylation sites is 1. The molecule has 2 heterocycles. The first-order chi connectivity index (χ1) is 12.7. The SMILES string of the molecule is COc1ccc(-c2ncnc3c(C#N)cn(-c4ccccc4Cl)c23)cc1. The third kappa shape index (κ3) is 2.57. The molecule has 2 aromatic carbocycles. The van der Waals surface area contributed by atoms with Crippen LogP contribution in [0.25, 0.3) is 28.0 Å². The third-order valence-electron chi connectivity index (χ3n) is 4.17. The van der Waals surface area contributed by atoms with Gasteiger partial charge in [0.15, 0.2) is 0 Å². The zero-order chi connectivity index (χ0) is 18.1. The van der Waals surface area contributed by atoms with Gasteiger partial charge in [-0.2, -0.15) is 5.26 Å². The number of fused-ring (bicyclic) bond motifs is 1. The average molecular weight is 361 g/mol. The van der Waals surface area contributed by atoms with Gasteiger partial charge in [0.05, 0.1) is 34.6 Å². The fourth-order valence-corrected chi connectivity index (χ4v) is 3.16. The Morgan fingerprint density at radius 3 is 2.54 bits per heavy atom. The standard InChI is InChI=1S/C20H13ClN4O/c1-26-15-8-6-13(7-9-15)18-20-19(24-12-23-18)14(10-22)11-25(20)17-5-3-2-4-16(17)21/h2-9,11-12H,1H3. The molecule has 126 valence electrons. The number of benzene rings is 2. The predicted octanol–water partition coefficient (Wildman–Crippen LogP) is 4.62. The molecule has 5 nitrogen and oxygen atoms in total. The summed E-state index contributed by atoms with van der Waals surface area (Å²) in [5, 5.41) is 10.1. The number of hydrogen-bond donors (Lipinski definition) is 0. The highest BCUT2D eigenvalue weighted by atomic mass is 35.5. The van der Waals surface area contributed by atoms with Gasteiger partial charge in [0, 0.05) is 11.8 Å². The van der Waals surface area contributed by atoms with Gasteiger partial charge in [0.25, 0.3) is 0 Å². The highest BCUT2D eigenvalue weighted by Crippen LogP contribution is 2.33. The van der Waals surface area contributed by atoms with Crippen molar-refractivity contribution in [2.75, 3.05) is 7.11 Å². The van der Waals surface area contributed by atoms with Crippen LogP contribution in [-0.2, 0) is 0 Å². The van der Waals surface area contributed by atoms with E-state index >= 15 is 0 Å². The van der Waals surface area contributed by atoms with Crippen LogP contribution in [0.2, 0.25) is 5.02 Å². The van der Waals surface area contributed by atoms with Crippen molar-refractivity contribution in [3.8, 4) is 28.8 Å². The minimum atomic E-state index is 0.470. The molecule has 0 aliphatic rings. The summed E-state index contributed by atoms with van der Waals surface area (Å²) in [5.74, 6) is 0.762. The Morgan fingerprint density at radius 2 is 1.85 bits per heavy atom. The molecule has 0 radical (unpaired) electrons. The van der Waals surface area contributed by atoms with E-state index in [1.807, 2.05) is 53.1 Å². The van der Waals surface area contributed by atoms with Gasteiger partial charge in [0.2, 0.25) is 0 Å². The summed E-state index contributed by atoms with van der Waals surface area (Å²) >= 11 is 6.39. The number of ether oxygens (including phenoxy) is 1. The molecule has 0 fully saturated rings. The minimum Gasteiger partial charge on any atom is -0.497 e. The van der Waals surface area contributed by atoms with Gasteiger partial charge < -0.3 is 9.30 Å². The quantitative estimate of drug-likeness (QED) is 0.534. The molecule has 0 spiro atoms. The maximum Gasteiger partial charge on any atom is 0.118 e. The first kappa shape index (κ1) is 16.1. The molecule has 4 aromatic rings. The van der Waals surface area contributed by atoms with E-state index in [0.29, 0.717) is 16.1 Å². The van der Waals surface area contributed by atoms with E-state index in [1.54, 1.807) is 13.3 Å². The number of methoxy groups -OCH3 is 1. The van der Waals surface area contributed by atoms with Crippen LogP contribution in [0.3, 0.4) is 0 Å². The summed E-state index contributed by atoms with van der Waals surface area (Å²) in [6.07, 6.45) is 3.22. The highest BCUT2D eigenvalue weighted by Gasteiger charge is 2.18. The Morgan fingerprint density at radius 1 is 1.08 bits per heavy atom. The van der Waals surface area contributed by atoms with Crippen molar-refractivity contribution >= 4 is 22.6 Å². The van der Waals surface area contributed by atoms with Crippen LogP contribution in [0.5, 0.6) is 5.75 Å². The second-order valence-electron chi connectivity index (χ2n) is 5.62. The Kier molecular flexibility index (Phi) is 4.04. The van der Waals surface area contributed by atoms with E-state index in [-0.39, 0.29) is 0 Å². The van der Waals surface area contributed by atoms with Crippen molar-refractivity contribution in [1.29, 1.82) is 5.26 Å². The molecule has 4 rings (SSSR count). The molecular formula is C20H13ClN4O. The van der Waals surface area contributed by atoms with Gasteiger partial charge >= 0.3 is 0 Å². The molecule has 0 unspecified atom stereocenters. The minimum absolute atomic E-state index is 0.470. The summed E-state index contributed by atoms with van der Waals surface area (Å²) < 4.78 is 7.10. The lowest BCUT2D eigenvalue weighted by Crippen LogP contribution is -1.97. The summed E-state index contributed by atoms with van der Waals surface area (Å²) in [4.78, 5) is 8.80. The van der Waals surface area contributed by atoms with Crippen LogP contribution in [-0.4, -0.2) is 21.6 Å². The van der Waals surface area contributed by atoms with E-state index in [9.17, 15) is 5.26 Å². The van der Waals surface area contributed by atoms with Crippen LogP contribution < -0.4 is 4.74 Å². The van der Waals surface area contributed by atoms with Gasteiger partial charge in [-0.25, -0.2) is 9.97 Å². The maximum atomic E-state index is 9.52. The predicted molar refractivity (Wildman–Crippen MR) is 101 cm³/mol. The molecule has 0 saturated carbocycles. The first-order valence-electron chi connectivity index (χ1n) is 7.88. The number of nitrogens with zero attached hydrogens (tertiary/aromatic N) is 4. The third-order valence-corrected chi connectivity index (χ3v) is 4.49. The largest absolute Gasteiger partial charge is 0.497 e. The van der Waals surface area contributed by atoms with Crippen molar-refractivity contribution in [2.24, 2.45) is 0 Å². The lowest BCUT2D eigenvalue weighted by molar-refractivity contribution is 0.415. The average Bonchev–Trinajstić information content (AvgIpc) is 3.07. The van der Waals surface area contributed by atoms with E-state index < -0.39 is 0 Å². The Balaban J connectivity index is 2.04.